The van der Waals surface area contributed by atoms with E-state index in [2.05, 4.69) is 0 Å². The summed E-state index contributed by atoms with van der Waals surface area (Å²) < 4.78 is 0. The summed E-state index contributed by atoms with van der Waals surface area (Å²) in [5.74, 6) is 0. The van der Waals surface area contributed by atoms with E-state index in [1.54, 1.807) is 0 Å². The maximum atomic E-state index is 8.04. The van der Waals surface area contributed by atoms with Crippen LogP contribution in [0.25, 0.3) is 0 Å². The van der Waals surface area contributed by atoms with Crippen molar-refractivity contribution in [2.24, 2.45) is 0 Å². The molecule has 5 heavy (non-hydrogen) atoms. The Balaban J connectivity index is 3.02. The number of hydrogen-bond acceptors (Lipinski definition) is 2. The lowest BCUT2D eigenvalue weighted by Gasteiger charge is -2.03. The standard InChI is InChI=1S/C2H7O2P/c1-2(3,4)5/h3-4H,5H2,1H3. The molecule has 2 N–H and O–H groups in total. The molecule has 0 bridgehead atoms. The van der Waals surface area contributed by atoms with Gasteiger partial charge < -0.3 is 10.2 Å². The van der Waals surface area contributed by atoms with E-state index < -0.39 is 5.53 Å². The van der Waals surface area contributed by atoms with Gasteiger partial charge in [-0.3, -0.25) is 0 Å². The van der Waals surface area contributed by atoms with Gasteiger partial charge in [0.25, 0.3) is 0 Å². The molecule has 0 saturated heterocycles. The van der Waals surface area contributed by atoms with Gasteiger partial charge in [-0.25, -0.2) is 0 Å². The molecule has 0 rings (SSSR count). The van der Waals surface area contributed by atoms with Gasteiger partial charge in [-0.1, -0.05) is 9.24 Å². The minimum absolute atomic E-state index is 1.26. The van der Waals surface area contributed by atoms with Crippen molar-refractivity contribution in [2.75, 3.05) is 0 Å². The highest BCUT2D eigenvalue weighted by molar-refractivity contribution is 7.18. The highest BCUT2D eigenvalue weighted by Crippen LogP contribution is 2.04. The third-order valence-electron chi connectivity index (χ3n) is 0. The zero-order valence-corrected chi connectivity index (χ0v) is 4.13. The second kappa shape index (κ2) is 1.21. The maximum Gasteiger partial charge on any atom is 0.172 e. The Labute approximate surface area is 33.0 Å². The summed E-state index contributed by atoms with van der Waals surface area (Å²) in [5, 5.41) is 16.1. The molecule has 1 atom stereocenters. The Bertz CT molecular complexity index is 23.1. The van der Waals surface area contributed by atoms with Crippen molar-refractivity contribution in [3.05, 3.63) is 0 Å². The Hall–Kier alpha value is 0.350. The van der Waals surface area contributed by atoms with Crippen LogP contribution in [0.3, 0.4) is 0 Å². The van der Waals surface area contributed by atoms with Crippen LogP contribution in [-0.4, -0.2) is 15.7 Å². The van der Waals surface area contributed by atoms with E-state index in [0.29, 0.717) is 0 Å². The highest BCUT2D eigenvalue weighted by atomic mass is 31.0. The van der Waals surface area contributed by atoms with Gasteiger partial charge in [0.15, 0.2) is 5.53 Å². The zero-order valence-electron chi connectivity index (χ0n) is 2.97. The quantitative estimate of drug-likeness (QED) is 0.314. The van der Waals surface area contributed by atoms with E-state index in [0.717, 1.165) is 0 Å². The van der Waals surface area contributed by atoms with Gasteiger partial charge in [0.2, 0.25) is 0 Å². The Morgan fingerprint density at radius 2 is 1.60 bits per heavy atom. The first-order valence-electron chi connectivity index (χ1n) is 1.24. The summed E-state index contributed by atoms with van der Waals surface area (Å²) in [6, 6.07) is 0. The second-order valence-corrected chi connectivity index (χ2v) is 2.19. The fraction of sp³-hybridized carbons (Fsp3) is 1.00. The van der Waals surface area contributed by atoms with E-state index in [-0.39, 0.29) is 0 Å². The lowest BCUT2D eigenvalue weighted by atomic mass is 10.8. The van der Waals surface area contributed by atoms with Crippen LogP contribution in [0.5, 0.6) is 0 Å². The summed E-state index contributed by atoms with van der Waals surface area (Å²) >= 11 is 0. The molecule has 3 heteroatoms. The summed E-state index contributed by atoms with van der Waals surface area (Å²) in [5.41, 5.74) is -1.58. The van der Waals surface area contributed by atoms with Crippen molar-refractivity contribution in [3.63, 3.8) is 0 Å². The second-order valence-electron chi connectivity index (χ2n) is 1.09. The molecule has 0 fully saturated rings. The molecular formula is C2H7O2P. The normalized spacial score (nSPS) is 12.0. The van der Waals surface area contributed by atoms with Crippen molar-refractivity contribution in [1.29, 1.82) is 0 Å². The first-order valence-corrected chi connectivity index (χ1v) is 1.81. The highest BCUT2D eigenvalue weighted by Gasteiger charge is 2.00. The Kier molecular flexibility index (Phi) is 1.30. The van der Waals surface area contributed by atoms with Gasteiger partial charge in [0.05, 0.1) is 0 Å². The average molecular weight is 94.1 g/mol. The van der Waals surface area contributed by atoms with E-state index in [1.807, 2.05) is 9.24 Å². The number of aliphatic hydroxyl groups is 2. The SMILES string of the molecule is CC(O)(O)P. The van der Waals surface area contributed by atoms with Gasteiger partial charge in [0, 0.05) is 0 Å². The first kappa shape index (κ1) is 5.35. The summed E-state index contributed by atoms with van der Waals surface area (Å²) in [6.07, 6.45) is 0. The van der Waals surface area contributed by atoms with Gasteiger partial charge in [-0.2, -0.15) is 0 Å². The lowest BCUT2D eigenvalue weighted by Crippen LogP contribution is -2.09. The number of hydrogen-bond donors (Lipinski definition) is 2. The molecule has 0 aliphatic heterocycles. The molecule has 0 aliphatic carbocycles. The van der Waals surface area contributed by atoms with Crippen LogP contribution >= 0.6 is 9.24 Å². The topological polar surface area (TPSA) is 40.5 Å². The average Bonchev–Trinajstić information content (AvgIpc) is 0.722. The molecule has 0 amide bonds. The molecule has 0 spiro atoms. The smallest absolute Gasteiger partial charge is 0.172 e. The molecule has 0 aromatic rings. The van der Waals surface area contributed by atoms with Crippen LogP contribution in [-0.2, 0) is 0 Å². The van der Waals surface area contributed by atoms with E-state index >= 15 is 0 Å². The monoisotopic (exact) mass is 94.0 g/mol. The van der Waals surface area contributed by atoms with Crippen molar-refractivity contribution in [2.45, 2.75) is 12.5 Å². The zero-order chi connectivity index (χ0) is 4.50. The van der Waals surface area contributed by atoms with E-state index in [4.69, 9.17) is 10.2 Å². The molecule has 0 aliphatic rings. The molecule has 0 radical (unpaired) electrons. The molecular weight excluding hydrogens is 87.0 g/mol. The molecule has 0 aromatic carbocycles. The van der Waals surface area contributed by atoms with Crippen molar-refractivity contribution in [3.8, 4) is 0 Å². The third-order valence-corrected chi connectivity index (χ3v) is 0. The molecule has 0 heterocycles. The molecule has 0 saturated carbocycles. The fourth-order valence-electron chi connectivity index (χ4n) is 0. The van der Waals surface area contributed by atoms with Crippen LogP contribution in [0.1, 0.15) is 6.92 Å². The predicted molar refractivity (Wildman–Crippen MR) is 22.6 cm³/mol. The van der Waals surface area contributed by atoms with E-state index in [1.165, 1.54) is 6.92 Å². The van der Waals surface area contributed by atoms with Crippen LogP contribution in [0, 0.1) is 0 Å². The molecule has 2 nitrogen and oxygen atoms in total. The lowest BCUT2D eigenvalue weighted by molar-refractivity contribution is -0.0601. The molecule has 32 valence electrons. The van der Waals surface area contributed by atoms with Crippen LogP contribution in [0.15, 0.2) is 0 Å². The van der Waals surface area contributed by atoms with Crippen LogP contribution < -0.4 is 0 Å². The van der Waals surface area contributed by atoms with Crippen molar-refractivity contribution in [1.82, 2.24) is 0 Å². The Morgan fingerprint density at radius 3 is 1.60 bits per heavy atom. The van der Waals surface area contributed by atoms with Crippen LogP contribution in [0.4, 0.5) is 0 Å². The summed E-state index contributed by atoms with van der Waals surface area (Å²) in [7, 11) is 1.83. The predicted octanol–water partition coefficient (Wildman–Crippen LogP) is -0.480. The fourth-order valence-corrected chi connectivity index (χ4v) is 0. The third kappa shape index (κ3) is 196. The summed E-state index contributed by atoms with van der Waals surface area (Å²) in [4.78, 5) is 0. The Morgan fingerprint density at radius 1 is 1.60 bits per heavy atom. The van der Waals surface area contributed by atoms with Crippen LogP contribution in [0.2, 0.25) is 0 Å². The molecule has 1 unspecified atom stereocenters. The van der Waals surface area contributed by atoms with Gasteiger partial charge in [-0.15, -0.1) is 0 Å². The minimum atomic E-state index is -1.58. The van der Waals surface area contributed by atoms with Crippen molar-refractivity contribution < 1.29 is 10.2 Å². The van der Waals surface area contributed by atoms with Crippen molar-refractivity contribution >= 4 is 9.24 Å². The van der Waals surface area contributed by atoms with Gasteiger partial charge >= 0.3 is 0 Å². The largest absolute Gasteiger partial charge is 0.363 e. The molecule has 0 aromatic heterocycles. The maximum absolute atomic E-state index is 8.04. The van der Waals surface area contributed by atoms with Gasteiger partial charge in [-0.05, 0) is 6.92 Å². The van der Waals surface area contributed by atoms with E-state index in [9.17, 15) is 0 Å². The summed E-state index contributed by atoms with van der Waals surface area (Å²) in [6.45, 7) is 1.26. The van der Waals surface area contributed by atoms with Gasteiger partial charge in [0.1, 0.15) is 0 Å². The first-order chi connectivity index (χ1) is 2.00. The minimum Gasteiger partial charge on any atom is -0.363 e. The number of rotatable bonds is 0.